The molecule has 0 unspecified atom stereocenters. The highest BCUT2D eigenvalue weighted by molar-refractivity contribution is 7.11. The van der Waals surface area contributed by atoms with Crippen LogP contribution in [0.15, 0.2) is 30.6 Å². The van der Waals surface area contributed by atoms with Gasteiger partial charge in [0, 0.05) is 6.20 Å². The van der Waals surface area contributed by atoms with E-state index in [-0.39, 0.29) is 10.6 Å². The molecule has 0 saturated carbocycles. The molecule has 1 amide bonds. The van der Waals surface area contributed by atoms with E-state index < -0.39 is 11.9 Å². The fourth-order valence-electron chi connectivity index (χ4n) is 1.99. The largest absolute Gasteiger partial charge is 0.478 e. The Morgan fingerprint density at radius 2 is 2.19 bits per heavy atom. The van der Waals surface area contributed by atoms with E-state index in [0.717, 1.165) is 11.5 Å². The Bertz CT molecular complexity index is 852. The molecule has 3 aromatic rings. The highest BCUT2D eigenvalue weighted by Crippen LogP contribution is 2.25. The Balaban J connectivity index is 1.96. The number of aromatic nitrogens is 3. The van der Waals surface area contributed by atoms with Gasteiger partial charge in [-0.15, -0.1) is 0 Å². The number of hydrogen-bond acceptors (Lipinski definition) is 5. The Kier molecular flexibility index (Phi) is 3.15. The normalized spacial score (nSPS) is 10.7. The van der Waals surface area contributed by atoms with Gasteiger partial charge in [-0.2, -0.15) is 9.47 Å². The van der Waals surface area contributed by atoms with Gasteiger partial charge in [-0.1, -0.05) is 6.07 Å². The number of hydrogen-bond donors (Lipinski definition) is 2. The zero-order valence-electron chi connectivity index (χ0n) is 10.9. The Hall–Kier alpha value is -2.74. The van der Waals surface area contributed by atoms with Crippen LogP contribution >= 0.6 is 11.5 Å². The highest BCUT2D eigenvalue weighted by Gasteiger charge is 2.21. The molecule has 2 N–H and O–H groups in total. The number of pyridine rings is 1. The van der Waals surface area contributed by atoms with Crippen LogP contribution in [0.1, 0.15) is 26.4 Å². The molecule has 0 aromatic carbocycles. The van der Waals surface area contributed by atoms with Gasteiger partial charge in [-0.3, -0.25) is 4.79 Å². The number of carbonyl (C=O) groups is 2. The molecule has 0 aliphatic rings. The number of fused-ring (bicyclic) bond motifs is 1. The van der Waals surface area contributed by atoms with Gasteiger partial charge in [0.15, 0.2) is 0 Å². The van der Waals surface area contributed by atoms with Crippen molar-refractivity contribution in [3.63, 3.8) is 0 Å². The summed E-state index contributed by atoms with van der Waals surface area (Å²) in [7, 11) is 0. The third kappa shape index (κ3) is 2.25. The molecule has 0 radical (unpaired) electrons. The molecule has 0 saturated heterocycles. The molecule has 0 fully saturated rings. The van der Waals surface area contributed by atoms with Crippen LogP contribution < -0.4 is 5.32 Å². The van der Waals surface area contributed by atoms with E-state index in [4.69, 9.17) is 5.11 Å². The van der Waals surface area contributed by atoms with E-state index in [1.54, 1.807) is 35.8 Å². The molecular formula is C13H10N4O3S. The molecule has 0 aliphatic carbocycles. The summed E-state index contributed by atoms with van der Waals surface area (Å²) in [5, 5.41) is 16.0. The molecule has 0 bridgehead atoms. The van der Waals surface area contributed by atoms with E-state index in [0.29, 0.717) is 16.8 Å². The molecule has 21 heavy (non-hydrogen) atoms. The molecular weight excluding hydrogens is 292 g/mol. The lowest BCUT2D eigenvalue weighted by atomic mass is 10.2. The molecule has 0 aliphatic heterocycles. The SMILES string of the molecule is Cc1nsc(NC(=O)c2cnn3ccccc23)c1C(=O)O. The number of anilines is 1. The van der Waals surface area contributed by atoms with Gasteiger partial charge in [0.1, 0.15) is 10.6 Å². The number of aromatic carboxylic acids is 1. The molecule has 7 nitrogen and oxygen atoms in total. The van der Waals surface area contributed by atoms with Crippen LogP contribution in [-0.4, -0.2) is 31.0 Å². The van der Waals surface area contributed by atoms with Crippen LogP contribution in [0.2, 0.25) is 0 Å². The van der Waals surface area contributed by atoms with Crippen LogP contribution in [0, 0.1) is 6.92 Å². The number of nitrogens with one attached hydrogen (secondary N) is 1. The van der Waals surface area contributed by atoms with Crippen LogP contribution in [0.3, 0.4) is 0 Å². The van der Waals surface area contributed by atoms with E-state index in [2.05, 4.69) is 14.8 Å². The predicted octanol–water partition coefficient (Wildman–Crippen LogP) is 2.05. The zero-order chi connectivity index (χ0) is 15.0. The van der Waals surface area contributed by atoms with Crippen LogP contribution in [0.25, 0.3) is 5.52 Å². The number of aryl methyl sites for hydroxylation is 1. The Labute approximate surface area is 123 Å². The number of carboxylic acid groups (broad SMARTS) is 1. The molecule has 8 heteroatoms. The molecule has 0 spiro atoms. The first kappa shape index (κ1) is 13.3. The first-order valence-electron chi connectivity index (χ1n) is 6.01. The summed E-state index contributed by atoms with van der Waals surface area (Å²) in [5.41, 5.74) is 1.42. The second kappa shape index (κ2) is 4.98. The summed E-state index contributed by atoms with van der Waals surface area (Å²) < 4.78 is 5.53. The van der Waals surface area contributed by atoms with Crippen LogP contribution in [-0.2, 0) is 0 Å². The summed E-state index contributed by atoms with van der Waals surface area (Å²) in [6, 6.07) is 5.36. The summed E-state index contributed by atoms with van der Waals surface area (Å²) >= 11 is 0.946. The van der Waals surface area contributed by atoms with Gasteiger partial charge in [-0.25, -0.2) is 9.31 Å². The highest BCUT2D eigenvalue weighted by atomic mass is 32.1. The number of carboxylic acids is 1. The summed E-state index contributed by atoms with van der Waals surface area (Å²) in [6.45, 7) is 1.59. The van der Waals surface area contributed by atoms with Crippen LogP contribution in [0.5, 0.6) is 0 Å². The second-order valence-corrected chi connectivity index (χ2v) is 5.09. The Morgan fingerprint density at radius 1 is 1.38 bits per heavy atom. The summed E-state index contributed by atoms with van der Waals surface area (Å²) in [6.07, 6.45) is 3.17. The number of nitrogens with zero attached hydrogens (tertiary/aromatic N) is 3. The van der Waals surface area contributed by atoms with Gasteiger partial charge in [0.25, 0.3) is 5.91 Å². The third-order valence-electron chi connectivity index (χ3n) is 2.97. The lowest BCUT2D eigenvalue weighted by Crippen LogP contribution is -2.13. The minimum atomic E-state index is -1.11. The van der Waals surface area contributed by atoms with Crippen molar-refractivity contribution in [1.29, 1.82) is 0 Å². The van der Waals surface area contributed by atoms with Crippen molar-refractivity contribution in [2.75, 3.05) is 5.32 Å². The van der Waals surface area contributed by atoms with Crippen molar-refractivity contribution < 1.29 is 14.7 Å². The first-order valence-corrected chi connectivity index (χ1v) is 6.78. The van der Waals surface area contributed by atoms with Crippen LogP contribution in [0.4, 0.5) is 5.00 Å². The van der Waals surface area contributed by atoms with Crippen molar-refractivity contribution in [2.24, 2.45) is 0 Å². The monoisotopic (exact) mass is 302 g/mol. The lowest BCUT2D eigenvalue weighted by molar-refractivity contribution is 0.0697. The van der Waals surface area contributed by atoms with Crippen molar-refractivity contribution in [3.8, 4) is 0 Å². The van der Waals surface area contributed by atoms with Gasteiger partial charge < -0.3 is 10.4 Å². The predicted molar refractivity (Wildman–Crippen MR) is 77.0 cm³/mol. The van der Waals surface area contributed by atoms with E-state index in [1.807, 2.05) is 0 Å². The smallest absolute Gasteiger partial charge is 0.340 e. The van der Waals surface area contributed by atoms with Crippen molar-refractivity contribution in [3.05, 3.63) is 47.4 Å². The quantitative estimate of drug-likeness (QED) is 0.772. The third-order valence-corrected chi connectivity index (χ3v) is 3.83. The maximum absolute atomic E-state index is 12.3. The standard InChI is InChI=1S/C13H10N4O3S/c1-7-10(13(19)20)12(21-16-7)15-11(18)8-6-14-17-5-3-2-4-9(8)17/h2-6H,1H3,(H,15,18)(H,19,20). The molecule has 3 heterocycles. The average molecular weight is 302 g/mol. The second-order valence-electron chi connectivity index (χ2n) is 4.32. The minimum Gasteiger partial charge on any atom is -0.478 e. The average Bonchev–Trinajstić information content (AvgIpc) is 3.02. The topological polar surface area (TPSA) is 96.6 Å². The fraction of sp³-hybridized carbons (Fsp3) is 0.0769. The van der Waals surface area contributed by atoms with Gasteiger partial charge >= 0.3 is 5.97 Å². The minimum absolute atomic E-state index is 0.0184. The molecule has 3 rings (SSSR count). The van der Waals surface area contributed by atoms with Crippen molar-refractivity contribution >= 4 is 33.9 Å². The lowest BCUT2D eigenvalue weighted by Gasteiger charge is -2.02. The fourth-order valence-corrected chi connectivity index (χ4v) is 2.77. The molecule has 3 aromatic heterocycles. The van der Waals surface area contributed by atoms with Crippen molar-refractivity contribution in [1.82, 2.24) is 14.0 Å². The number of amides is 1. The summed E-state index contributed by atoms with van der Waals surface area (Å²) in [4.78, 5) is 23.5. The maximum atomic E-state index is 12.3. The van der Waals surface area contributed by atoms with Gasteiger partial charge in [0.05, 0.1) is 23.0 Å². The maximum Gasteiger partial charge on any atom is 0.340 e. The number of rotatable bonds is 3. The Morgan fingerprint density at radius 3 is 2.95 bits per heavy atom. The number of carbonyl (C=O) groups excluding carboxylic acids is 1. The van der Waals surface area contributed by atoms with Crippen molar-refractivity contribution in [2.45, 2.75) is 6.92 Å². The summed E-state index contributed by atoms with van der Waals surface area (Å²) in [5.74, 6) is -1.53. The van der Waals surface area contributed by atoms with Gasteiger partial charge in [-0.05, 0) is 30.6 Å². The zero-order valence-corrected chi connectivity index (χ0v) is 11.7. The van der Waals surface area contributed by atoms with E-state index in [1.165, 1.54) is 6.20 Å². The first-order chi connectivity index (χ1) is 10.1. The van der Waals surface area contributed by atoms with E-state index >= 15 is 0 Å². The molecule has 0 atom stereocenters. The molecule has 106 valence electrons. The van der Waals surface area contributed by atoms with Gasteiger partial charge in [0.2, 0.25) is 0 Å². The van der Waals surface area contributed by atoms with E-state index in [9.17, 15) is 9.59 Å².